The summed E-state index contributed by atoms with van der Waals surface area (Å²) in [6.45, 7) is 3.95. The van der Waals surface area contributed by atoms with Gasteiger partial charge in [-0.25, -0.2) is 0 Å². The molecule has 0 saturated heterocycles. The first-order chi connectivity index (χ1) is 8.83. The lowest BCUT2D eigenvalue weighted by atomic mass is 9.72. The molecular weight excluding hydrogens is 218 g/mol. The van der Waals surface area contributed by atoms with E-state index in [1.54, 1.807) is 0 Å². The van der Waals surface area contributed by atoms with Gasteiger partial charge in [0.15, 0.2) is 0 Å². The summed E-state index contributed by atoms with van der Waals surface area (Å²) in [6.07, 6.45) is 2.27. The van der Waals surface area contributed by atoms with Crippen molar-refractivity contribution in [2.45, 2.75) is 11.8 Å². The number of hydrogen-bond donors (Lipinski definition) is 0. The third-order valence-corrected chi connectivity index (χ3v) is 3.28. The van der Waals surface area contributed by atoms with Crippen LogP contribution in [0.2, 0.25) is 0 Å². The maximum absolute atomic E-state index is 9.16. The number of allylic oxidation sites excluding steroid dienone is 1. The lowest BCUT2D eigenvalue weighted by molar-refractivity contribution is 0.663. The van der Waals surface area contributed by atoms with E-state index in [4.69, 9.17) is 5.26 Å². The molecule has 0 aliphatic heterocycles. The smallest absolute Gasteiger partial charge is 0.0638 e. The predicted molar refractivity (Wildman–Crippen MR) is 74.1 cm³/mol. The van der Waals surface area contributed by atoms with Crippen LogP contribution < -0.4 is 0 Å². The van der Waals surface area contributed by atoms with Gasteiger partial charge in [0.25, 0.3) is 0 Å². The van der Waals surface area contributed by atoms with E-state index >= 15 is 0 Å². The molecule has 0 N–H and O–H groups in total. The molecule has 1 heteroatoms. The fraction of sp³-hybridized carbons (Fsp3) is 0.118. The summed E-state index contributed by atoms with van der Waals surface area (Å²) in [7, 11) is 0. The molecule has 2 aromatic carbocycles. The zero-order chi connectivity index (χ0) is 12.8. The van der Waals surface area contributed by atoms with Crippen molar-refractivity contribution in [2.75, 3.05) is 0 Å². The molecule has 0 atom stereocenters. The first kappa shape index (κ1) is 12.1. The van der Waals surface area contributed by atoms with Gasteiger partial charge in [-0.2, -0.15) is 5.26 Å². The maximum Gasteiger partial charge on any atom is 0.0638 e. The van der Waals surface area contributed by atoms with Gasteiger partial charge in [-0.05, 0) is 11.1 Å². The maximum atomic E-state index is 9.16. The number of rotatable bonds is 4. The summed E-state index contributed by atoms with van der Waals surface area (Å²) in [4.78, 5) is 0. The quantitative estimate of drug-likeness (QED) is 0.730. The highest BCUT2D eigenvalue weighted by atomic mass is 14.3. The summed E-state index contributed by atoms with van der Waals surface area (Å²) in [6, 6.07) is 22.4. The standard InChI is InChI=1S/C17H15N/c1-2-17(13-14-18,15-9-5-3-6-10-15)16-11-7-4-8-12-16/h2-12H,1,13H2. The Bertz CT molecular complexity index is 510. The van der Waals surface area contributed by atoms with Crippen molar-refractivity contribution < 1.29 is 0 Å². The van der Waals surface area contributed by atoms with E-state index in [1.807, 2.05) is 66.7 Å². The summed E-state index contributed by atoms with van der Waals surface area (Å²) < 4.78 is 0. The SMILES string of the molecule is C=CC(CC#N)(c1ccccc1)c1ccccc1. The molecule has 0 heterocycles. The summed E-state index contributed by atoms with van der Waals surface area (Å²) in [5, 5.41) is 9.16. The molecule has 0 bridgehead atoms. The Morgan fingerprint density at radius 1 is 0.944 bits per heavy atom. The zero-order valence-electron chi connectivity index (χ0n) is 10.2. The first-order valence-corrected chi connectivity index (χ1v) is 5.95. The first-order valence-electron chi connectivity index (χ1n) is 5.95. The minimum absolute atomic E-state index is 0.393. The molecule has 0 fully saturated rings. The Morgan fingerprint density at radius 2 is 1.39 bits per heavy atom. The number of benzene rings is 2. The Hall–Kier alpha value is -2.33. The van der Waals surface area contributed by atoms with Crippen LogP contribution in [0.1, 0.15) is 17.5 Å². The van der Waals surface area contributed by atoms with Crippen molar-refractivity contribution in [1.82, 2.24) is 0 Å². The Kier molecular flexibility index (Phi) is 3.60. The molecule has 0 amide bonds. The van der Waals surface area contributed by atoms with Gasteiger partial charge in [0.05, 0.1) is 17.9 Å². The van der Waals surface area contributed by atoms with E-state index in [1.165, 1.54) is 0 Å². The molecule has 0 unspecified atom stereocenters. The van der Waals surface area contributed by atoms with E-state index in [0.717, 1.165) is 11.1 Å². The van der Waals surface area contributed by atoms with E-state index in [9.17, 15) is 0 Å². The van der Waals surface area contributed by atoms with Crippen LogP contribution in [0, 0.1) is 11.3 Å². The van der Waals surface area contributed by atoms with Gasteiger partial charge in [0.1, 0.15) is 0 Å². The van der Waals surface area contributed by atoms with Crippen molar-refractivity contribution in [1.29, 1.82) is 5.26 Å². The third-order valence-electron chi connectivity index (χ3n) is 3.28. The molecule has 0 aliphatic rings. The monoisotopic (exact) mass is 233 g/mol. The highest BCUT2D eigenvalue weighted by Crippen LogP contribution is 2.36. The van der Waals surface area contributed by atoms with Crippen LogP contribution in [-0.2, 0) is 5.41 Å². The number of nitriles is 1. The van der Waals surface area contributed by atoms with Gasteiger partial charge < -0.3 is 0 Å². The fourth-order valence-corrected chi connectivity index (χ4v) is 2.27. The van der Waals surface area contributed by atoms with Gasteiger partial charge in [0, 0.05) is 0 Å². The predicted octanol–water partition coefficient (Wildman–Crippen LogP) is 4.07. The van der Waals surface area contributed by atoms with Crippen LogP contribution >= 0.6 is 0 Å². The highest BCUT2D eigenvalue weighted by Gasteiger charge is 2.30. The van der Waals surface area contributed by atoms with Crippen molar-refractivity contribution >= 4 is 0 Å². The lowest BCUT2D eigenvalue weighted by Crippen LogP contribution is -2.24. The van der Waals surface area contributed by atoms with Crippen molar-refractivity contribution in [3.63, 3.8) is 0 Å². The average molecular weight is 233 g/mol. The lowest BCUT2D eigenvalue weighted by Gasteiger charge is -2.29. The molecule has 0 aliphatic carbocycles. The second-order valence-electron chi connectivity index (χ2n) is 4.24. The fourth-order valence-electron chi connectivity index (χ4n) is 2.27. The van der Waals surface area contributed by atoms with Gasteiger partial charge in [-0.1, -0.05) is 66.7 Å². The van der Waals surface area contributed by atoms with E-state index in [2.05, 4.69) is 12.6 Å². The van der Waals surface area contributed by atoms with Gasteiger partial charge in [0.2, 0.25) is 0 Å². The second-order valence-corrected chi connectivity index (χ2v) is 4.24. The Balaban J connectivity index is 2.62. The Morgan fingerprint density at radius 3 is 1.72 bits per heavy atom. The molecule has 0 saturated carbocycles. The minimum Gasteiger partial charge on any atom is -0.198 e. The van der Waals surface area contributed by atoms with Crippen LogP contribution in [0.4, 0.5) is 0 Å². The molecule has 18 heavy (non-hydrogen) atoms. The summed E-state index contributed by atoms with van der Waals surface area (Å²) in [5.74, 6) is 0. The highest BCUT2D eigenvalue weighted by molar-refractivity contribution is 5.44. The number of nitrogens with zero attached hydrogens (tertiary/aromatic N) is 1. The van der Waals surface area contributed by atoms with E-state index in [0.29, 0.717) is 6.42 Å². The molecular formula is C17H15N. The summed E-state index contributed by atoms with van der Waals surface area (Å²) >= 11 is 0. The zero-order valence-corrected chi connectivity index (χ0v) is 10.2. The molecule has 2 rings (SSSR count). The van der Waals surface area contributed by atoms with Crippen LogP contribution in [-0.4, -0.2) is 0 Å². The van der Waals surface area contributed by atoms with Crippen molar-refractivity contribution in [3.8, 4) is 6.07 Å². The molecule has 2 aromatic rings. The van der Waals surface area contributed by atoms with Crippen LogP contribution in [0.15, 0.2) is 73.3 Å². The number of hydrogen-bond acceptors (Lipinski definition) is 1. The van der Waals surface area contributed by atoms with Crippen molar-refractivity contribution in [3.05, 3.63) is 84.4 Å². The average Bonchev–Trinajstić information content (AvgIpc) is 2.47. The molecule has 88 valence electrons. The van der Waals surface area contributed by atoms with E-state index in [-0.39, 0.29) is 0 Å². The normalized spacial score (nSPS) is 10.6. The van der Waals surface area contributed by atoms with Gasteiger partial charge in [-0.3, -0.25) is 0 Å². The molecule has 0 aromatic heterocycles. The Labute approximate surface area is 108 Å². The molecule has 0 spiro atoms. The van der Waals surface area contributed by atoms with Crippen LogP contribution in [0.25, 0.3) is 0 Å². The second kappa shape index (κ2) is 5.33. The van der Waals surface area contributed by atoms with Gasteiger partial charge >= 0.3 is 0 Å². The van der Waals surface area contributed by atoms with Crippen LogP contribution in [0.5, 0.6) is 0 Å². The summed E-state index contributed by atoms with van der Waals surface area (Å²) in [5.41, 5.74) is 1.79. The largest absolute Gasteiger partial charge is 0.198 e. The molecule has 1 nitrogen and oxygen atoms in total. The third kappa shape index (κ3) is 2.06. The van der Waals surface area contributed by atoms with Crippen molar-refractivity contribution in [2.24, 2.45) is 0 Å². The van der Waals surface area contributed by atoms with Crippen LogP contribution in [0.3, 0.4) is 0 Å². The topological polar surface area (TPSA) is 23.8 Å². The van der Waals surface area contributed by atoms with Gasteiger partial charge in [-0.15, -0.1) is 6.58 Å². The molecule has 0 radical (unpaired) electrons. The minimum atomic E-state index is -0.419. The van der Waals surface area contributed by atoms with E-state index < -0.39 is 5.41 Å².